The number of carbonyl (C=O) groups excluding carboxylic acids is 2. The molecule has 0 unspecified atom stereocenters. The summed E-state index contributed by atoms with van der Waals surface area (Å²) < 4.78 is 15.7. The summed E-state index contributed by atoms with van der Waals surface area (Å²) in [5, 5.41) is 11.9. The lowest BCUT2D eigenvalue weighted by Crippen LogP contribution is -2.35. The molecule has 0 fully saturated rings. The molecule has 2 aromatic carbocycles. The Morgan fingerprint density at radius 2 is 1.93 bits per heavy atom. The highest BCUT2D eigenvalue weighted by Gasteiger charge is 2.21. The van der Waals surface area contributed by atoms with Crippen molar-refractivity contribution >= 4 is 18.0 Å². The van der Waals surface area contributed by atoms with Crippen molar-refractivity contribution in [1.29, 1.82) is 5.26 Å². The Morgan fingerprint density at radius 1 is 1.21 bits per heavy atom. The molecule has 0 saturated carbocycles. The molecule has 7 heteroatoms. The van der Waals surface area contributed by atoms with Gasteiger partial charge in [-0.2, -0.15) is 5.26 Å². The normalized spacial score (nSPS) is 13.3. The maximum Gasteiger partial charge on any atom is 0.349 e. The minimum atomic E-state index is -1.05. The van der Waals surface area contributed by atoms with Crippen LogP contribution in [0, 0.1) is 18.3 Å². The van der Waals surface area contributed by atoms with Gasteiger partial charge in [-0.3, -0.25) is 4.79 Å². The number of ether oxygens (including phenoxy) is 3. The highest BCUT2D eigenvalue weighted by atomic mass is 16.7. The molecule has 0 spiro atoms. The molecule has 1 aliphatic heterocycles. The van der Waals surface area contributed by atoms with Crippen molar-refractivity contribution in [2.24, 2.45) is 0 Å². The summed E-state index contributed by atoms with van der Waals surface area (Å²) in [6, 6.07) is 14.5. The number of aryl methyl sites for hydroxylation is 1. The minimum absolute atomic E-state index is 0.176. The fourth-order valence-corrected chi connectivity index (χ4v) is 2.63. The lowest BCUT2D eigenvalue weighted by Gasteiger charge is -2.13. The minimum Gasteiger partial charge on any atom is -0.454 e. The van der Waals surface area contributed by atoms with Gasteiger partial charge in [0.25, 0.3) is 5.91 Å². The van der Waals surface area contributed by atoms with Crippen LogP contribution in [0.4, 0.5) is 0 Å². The van der Waals surface area contributed by atoms with Crippen molar-refractivity contribution in [3.05, 3.63) is 64.7 Å². The Kier molecular flexibility index (Phi) is 6.15. The zero-order valence-corrected chi connectivity index (χ0v) is 16.1. The molecular formula is C22H20N2O5. The highest BCUT2D eigenvalue weighted by Crippen LogP contribution is 2.32. The number of nitriles is 1. The van der Waals surface area contributed by atoms with Gasteiger partial charge in [-0.15, -0.1) is 0 Å². The largest absolute Gasteiger partial charge is 0.454 e. The van der Waals surface area contributed by atoms with Crippen LogP contribution in [0.1, 0.15) is 23.6 Å². The predicted molar refractivity (Wildman–Crippen MR) is 105 cm³/mol. The topological polar surface area (TPSA) is 97.7 Å². The molecule has 1 aliphatic rings. The maximum atomic E-state index is 12.2. The highest BCUT2D eigenvalue weighted by molar-refractivity contribution is 5.99. The molecule has 148 valence electrons. The second-order valence-corrected chi connectivity index (χ2v) is 6.53. The number of hydrogen-bond donors (Lipinski definition) is 1. The number of rotatable bonds is 6. The van der Waals surface area contributed by atoms with Crippen molar-refractivity contribution in [2.75, 3.05) is 6.79 Å². The summed E-state index contributed by atoms with van der Waals surface area (Å²) >= 11 is 0. The van der Waals surface area contributed by atoms with E-state index in [2.05, 4.69) is 5.32 Å². The van der Waals surface area contributed by atoms with E-state index < -0.39 is 18.0 Å². The third kappa shape index (κ3) is 5.14. The summed E-state index contributed by atoms with van der Waals surface area (Å²) in [6.07, 6.45) is 0.380. The third-order valence-corrected chi connectivity index (χ3v) is 4.29. The van der Waals surface area contributed by atoms with Crippen LogP contribution < -0.4 is 14.8 Å². The molecule has 0 aliphatic carbocycles. The second kappa shape index (κ2) is 8.93. The SMILES string of the molecule is Cc1ccc(/C=C(\C#N)C(=O)O[C@H](C)C(=O)NCc2ccc3c(c2)OCO3)cc1. The Labute approximate surface area is 168 Å². The molecular weight excluding hydrogens is 372 g/mol. The van der Waals surface area contributed by atoms with Crippen LogP contribution >= 0.6 is 0 Å². The Morgan fingerprint density at radius 3 is 2.66 bits per heavy atom. The van der Waals surface area contributed by atoms with E-state index in [1.807, 2.05) is 31.2 Å². The number of esters is 1. The van der Waals surface area contributed by atoms with Gasteiger partial charge >= 0.3 is 5.97 Å². The van der Waals surface area contributed by atoms with Gasteiger partial charge in [-0.05, 0) is 43.2 Å². The summed E-state index contributed by atoms with van der Waals surface area (Å²) in [7, 11) is 0. The number of amides is 1. The fraction of sp³-hybridized carbons (Fsp3) is 0.227. The van der Waals surface area contributed by atoms with Gasteiger partial charge < -0.3 is 19.5 Å². The summed E-state index contributed by atoms with van der Waals surface area (Å²) in [5.74, 6) is -0.0367. The lowest BCUT2D eigenvalue weighted by molar-refractivity contribution is -0.150. The smallest absolute Gasteiger partial charge is 0.349 e. The maximum absolute atomic E-state index is 12.2. The number of carbonyl (C=O) groups is 2. The average Bonchev–Trinajstić information content (AvgIpc) is 3.19. The van der Waals surface area contributed by atoms with Gasteiger partial charge in [0, 0.05) is 6.54 Å². The van der Waals surface area contributed by atoms with Crippen LogP contribution in [0.3, 0.4) is 0 Å². The quantitative estimate of drug-likeness (QED) is 0.461. The van der Waals surface area contributed by atoms with E-state index in [1.54, 1.807) is 24.3 Å². The van der Waals surface area contributed by atoms with E-state index in [0.717, 1.165) is 11.1 Å². The molecule has 0 aromatic heterocycles. The van der Waals surface area contributed by atoms with Gasteiger partial charge in [-0.1, -0.05) is 35.9 Å². The predicted octanol–water partition coefficient (Wildman–Crippen LogP) is 2.88. The molecule has 0 bridgehead atoms. The van der Waals surface area contributed by atoms with Crippen LogP contribution in [0.25, 0.3) is 6.08 Å². The molecule has 0 radical (unpaired) electrons. The Bertz CT molecular complexity index is 989. The number of fused-ring (bicyclic) bond motifs is 1. The van der Waals surface area contributed by atoms with Crippen molar-refractivity contribution < 1.29 is 23.8 Å². The van der Waals surface area contributed by atoms with E-state index in [4.69, 9.17) is 14.2 Å². The van der Waals surface area contributed by atoms with Crippen molar-refractivity contribution in [2.45, 2.75) is 26.5 Å². The zero-order chi connectivity index (χ0) is 20.8. The first-order valence-corrected chi connectivity index (χ1v) is 9.02. The summed E-state index contributed by atoms with van der Waals surface area (Å²) in [4.78, 5) is 24.5. The van der Waals surface area contributed by atoms with Gasteiger partial charge in [-0.25, -0.2) is 4.79 Å². The molecule has 29 heavy (non-hydrogen) atoms. The average molecular weight is 392 g/mol. The fourth-order valence-electron chi connectivity index (χ4n) is 2.63. The molecule has 3 rings (SSSR count). The second-order valence-electron chi connectivity index (χ2n) is 6.53. The lowest BCUT2D eigenvalue weighted by atomic mass is 10.1. The molecule has 1 atom stereocenters. The van der Waals surface area contributed by atoms with Crippen LogP contribution in [-0.2, 0) is 20.9 Å². The van der Waals surface area contributed by atoms with Gasteiger partial charge in [0.1, 0.15) is 11.6 Å². The Hall–Kier alpha value is -3.79. The van der Waals surface area contributed by atoms with Crippen molar-refractivity contribution in [3.63, 3.8) is 0 Å². The van der Waals surface area contributed by atoms with Crippen LogP contribution in [0.2, 0.25) is 0 Å². The number of benzene rings is 2. The molecule has 7 nitrogen and oxygen atoms in total. The first kappa shape index (κ1) is 20.0. The van der Waals surface area contributed by atoms with Crippen LogP contribution in [0.15, 0.2) is 48.0 Å². The van der Waals surface area contributed by atoms with E-state index in [1.165, 1.54) is 13.0 Å². The van der Waals surface area contributed by atoms with Crippen molar-refractivity contribution in [1.82, 2.24) is 5.32 Å². The van der Waals surface area contributed by atoms with E-state index >= 15 is 0 Å². The van der Waals surface area contributed by atoms with Gasteiger partial charge in [0.2, 0.25) is 6.79 Å². The first-order valence-electron chi connectivity index (χ1n) is 9.02. The van der Waals surface area contributed by atoms with E-state index in [9.17, 15) is 14.9 Å². The number of nitrogens with zero attached hydrogens (tertiary/aromatic N) is 1. The van der Waals surface area contributed by atoms with Crippen LogP contribution in [0.5, 0.6) is 11.5 Å². The number of nitrogens with one attached hydrogen (secondary N) is 1. The van der Waals surface area contributed by atoms with E-state index in [-0.39, 0.29) is 18.9 Å². The number of hydrogen-bond acceptors (Lipinski definition) is 6. The molecule has 0 saturated heterocycles. The molecule has 2 aromatic rings. The zero-order valence-electron chi connectivity index (χ0n) is 16.1. The van der Waals surface area contributed by atoms with Gasteiger partial charge in [0.15, 0.2) is 17.6 Å². The monoisotopic (exact) mass is 392 g/mol. The summed E-state index contributed by atoms with van der Waals surface area (Å²) in [6.45, 7) is 3.81. The molecule has 1 amide bonds. The molecule has 1 N–H and O–H groups in total. The Balaban J connectivity index is 1.56. The van der Waals surface area contributed by atoms with E-state index in [0.29, 0.717) is 17.1 Å². The third-order valence-electron chi connectivity index (χ3n) is 4.29. The van der Waals surface area contributed by atoms with Gasteiger partial charge in [0.05, 0.1) is 0 Å². The van der Waals surface area contributed by atoms with Crippen LogP contribution in [-0.4, -0.2) is 24.8 Å². The standard InChI is InChI=1S/C22H20N2O5/c1-14-3-5-16(6-4-14)9-18(11-23)22(26)29-15(2)21(25)24-12-17-7-8-19-20(10-17)28-13-27-19/h3-10,15H,12-13H2,1-2H3,(H,24,25)/b18-9+/t15-/m1/s1. The van der Waals surface area contributed by atoms with Crippen molar-refractivity contribution in [3.8, 4) is 17.6 Å². The first-order chi connectivity index (χ1) is 14.0. The summed E-state index contributed by atoms with van der Waals surface area (Å²) in [5.41, 5.74) is 2.40. The molecule has 1 heterocycles.